The third-order valence-electron chi connectivity index (χ3n) is 6.06. The van der Waals surface area contributed by atoms with Crippen molar-refractivity contribution in [2.24, 2.45) is 5.92 Å². The Labute approximate surface area is 181 Å². The van der Waals surface area contributed by atoms with Crippen molar-refractivity contribution in [1.29, 1.82) is 0 Å². The molecule has 1 saturated heterocycles. The van der Waals surface area contributed by atoms with E-state index in [0.717, 1.165) is 24.6 Å². The van der Waals surface area contributed by atoms with Gasteiger partial charge in [0.1, 0.15) is 12.6 Å². The summed E-state index contributed by atoms with van der Waals surface area (Å²) < 4.78 is 33.0. The van der Waals surface area contributed by atoms with Crippen molar-refractivity contribution in [3.8, 4) is 0 Å². The number of hydrogen-bond donors (Lipinski definition) is 2. The predicted octanol–water partition coefficient (Wildman–Crippen LogP) is 0.655. The molecule has 2 N–H and O–H groups in total. The number of amides is 2. The van der Waals surface area contributed by atoms with Crippen LogP contribution in [0.25, 0.3) is 10.8 Å². The maximum absolute atomic E-state index is 12.8. The third-order valence-corrected chi connectivity index (χ3v) is 7.58. The van der Waals surface area contributed by atoms with Gasteiger partial charge >= 0.3 is 0 Å². The molecule has 10 heteroatoms. The molecule has 0 spiro atoms. The van der Waals surface area contributed by atoms with Gasteiger partial charge in [0.25, 0.3) is 0 Å². The summed E-state index contributed by atoms with van der Waals surface area (Å²) in [6.07, 6.45) is 5.82. The van der Waals surface area contributed by atoms with Gasteiger partial charge in [0.15, 0.2) is 0 Å². The lowest BCUT2D eigenvalue weighted by atomic mass is 9.98. The fourth-order valence-electron chi connectivity index (χ4n) is 4.76. The third kappa shape index (κ3) is 4.28. The highest BCUT2D eigenvalue weighted by Crippen LogP contribution is 2.42. The quantitative estimate of drug-likeness (QED) is 0.575. The molecule has 1 aliphatic carbocycles. The number of likely N-dealkylation sites (tertiary alicyclic amines) is 1. The van der Waals surface area contributed by atoms with E-state index >= 15 is 0 Å². The first kappa shape index (κ1) is 21.7. The Balaban J connectivity index is 1.36. The Morgan fingerprint density at radius 3 is 2.87 bits per heavy atom. The molecule has 1 aromatic heterocycles. The van der Waals surface area contributed by atoms with E-state index < -0.39 is 16.1 Å². The Hall–Kier alpha value is -2.56. The molecule has 2 heterocycles. The summed E-state index contributed by atoms with van der Waals surface area (Å²) in [4.78, 5) is 31.0. The fraction of sp³-hybridized carbons (Fsp3) is 0.476. The van der Waals surface area contributed by atoms with Crippen molar-refractivity contribution in [2.45, 2.75) is 36.2 Å². The molecule has 1 aliphatic heterocycles. The van der Waals surface area contributed by atoms with Crippen LogP contribution in [0, 0.1) is 5.92 Å². The van der Waals surface area contributed by atoms with Crippen molar-refractivity contribution in [2.75, 3.05) is 26.8 Å². The van der Waals surface area contributed by atoms with E-state index in [0.29, 0.717) is 5.39 Å². The number of fused-ring (bicyclic) bond motifs is 3. The van der Waals surface area contributed by atoms with Gasteiger partial charge in [0.05, 0.1) is 4.90 Å². The van der Waals surface area contributed by atoms with Gasteiger partial charge < -0.3 is 15.0 Å². The molecule has 3 unspecified atom stereocenters. The second kappa shape index (κ2) is 8.89. The maximum Gasteiger partial charge on any atom is 0.249 e. The van der Waals surface area contributed by atoms with Gasteiger partial charge in [-0.15, -0.1) is 0 Å². The van der Waals surface area contributed by atoms with Gasteiger partial charge in [-0.3, -0.25) is 14.6 Å². The summed E-state index contributed by atoms with van der Waals surface area (Å²) in [6, 6.07) is 6.24. The summed E-state index contributed by atoms with van der Waals surface area (Å²) in [5, 5.41) is 4.11. The molecular formula is C21H26N4O5S. The number of methoxy groups -OCH3 is 1. The highest BCUT2D eigenvalue weighted by Gasteiger charge is 2.50. The van der Waals surface area contributed by atoms with Gasteiger partial charge in [-0.1, -0.05) is 12.1 Å². The zero-order chi connectivity index (χ0) is 22.0. The average Bonchev–Trinajstić information content (AvgIpc) is 3.38. The van der Waals surface area contributed by atoms with E-state index in [2.05, 4.69) is 15.0 Å². The highest BCUT2D eigenvalue weighted by atomic mass is 32.2. The number of piperidine rings is 1. The summed E-state index contributed by atoms with van der Waals surface area (Å²) in [6.45, 7) is 0.125. The van der Waals surface area contributed by atoms with Crippen LogP contribution >= 0.6 is 0 Å². The van der Waals surface area contributed by atoms with Crippen LogP contribution in [0.15, 0.2) is 41.6 Å². The van der Waals surface area contributed by atoms with Crippen molar-refractivity contribution in [1.82, 2.24) is 19.9 Å². The number of hydrogen-bond acceptors (Lipinski definition) is 6. The molecule has 1 aromatic carbocycles. The first-order valence-corrected chi connectivity index (χ1v) is 11.8. The van der Waals surface area contributed by atoms with Crippen LogP contribution in [0.3, 0.4) is 0 Å². The van der Waals surface area contributed by atoms with Crippen LogP contribution in [0.2, 0.25) is 0 Å². The van der Waals surface area contributed by atoms with Crippen molar-refractivity contribution in [3.63, 3.8) is 0 Å². The van der Waals surface area contributed by atoms with Gasteiger partial charge in [-0.25, -0.2) is 13.1 Å². The molecule has 4 rings (SSSR count). The van der Waals surface area contributed by atoms with Crippen LogP contribution in [0.5, 0.6) is 0 Å². The lowest BCUT2D eigenvalue weighted by Gasteiger charge is -2.34. The van der Waals surface area contributed by atoms with E-state index in [1.807, 2.05) is 0 Å². The van der Waals surface area contributed by atoms with Crippen molar-refractivity contribution < 1.29 is 22.7 Å². The average molecular weight is 447 g/mol. The number of aromatic nitrogens is 1. The number of pyridine rings is 1. The monoisotopic (exact) mass is 446 g/mol. The molecule has 0 radical (unpaired) electrons. The Kier molecular flexibility index (Phi) is 6.22. The molecule has 2 bridgehead atoms. The second-order valence-electron chi connectivity index (χ2n) is 7.95. The number of sulfonamides is 1. The lowest BCUT2D eigenvalue weighted by Crippen LogP contribution is -2.54. The van der Waals surface area contributed by atoms with Crippen molar-refractivity contribution >= 4 is 32.6 Å². The Morgan fingerprint density at radius 1 is 1.23 bits per heavy atom. The first-order chi connectivity index (χ1) is 14.9. The van der Waals surface area contributed by atoms with Crippen LogP contribution in [0.1, 0.15) is 19.3 Å². The van der Waals surface area contributed by atoms with Crippen LogP contribution < -0.4 is 10.0 Å². The molecule has 2 amide bonds. The van der Waals surface area contributed by atoms with E-state index in [-0.39, 0.29) is 48.4 Å². The number of nitrogens with zero attached hydrogens (tertiary/aromatic N) is 2. The minimum atomic E-state index is -3.75. The predicted molar refractivity (Wildman–Crippen MR) is 114 cm³/mol. The molecule has 31 heavy (non-hydrogen) atoms. The van der Waals surface area contributed by atoms with E-state index in [1.54, 1.807) is 35.5 Å². The Bertz CT molecular complexity index is 1080. The van der Waals surface area contributed by atoms with Gasteiger partial charge in [-0.2, -0.15) is 0 Å². The fourth-order valence-corrected chi connectivity index (χ4v) is 6.02. The second-order valence-corrected chi connectivity index (χ2v) is 9.68. The highest BCUT2D eigenvalue weighted by molar-refractivity contribution is 7.89. The molecule has 1 saturated carbocycles. The molecule has 2 aliphatic rings. The number of benzene rings is 1. The SMILES string of the molecule is COCC(=O)N1C2CCC(C2)C1C(=O)NCCNS(=O)(=O)c1cccc2cnccc12. The van der Waals surface area contributed by atoms with Crippen LogP contribution in [-0.4, -0.2) is 69.0 Å². The molecule has 166 valence electrons. The van der Waals surface area contributed by atoms with E-state index in [4.69, 9.17) is 4.74 Å². The standard InChI is InChI=1S/C21H26N4O5S/c1-30-13-19(26)25-16-6-5-14(11-16)20(25)21(27)23-9-10-24-31(28,29)18-4-2-3-15-12-22-8-7-17(15)18/h2-4,7-8,12,14,16,20,24H,5-6,9-11,13H2,1H3,(H,23,27). The summed E-state index contributed by atoms with van der Waals surface area (Å²) in [5.74, 6) is -0.278. The summed E-state index contributed by atoms with van der Waals surface area (Å²) in [7, 11) is -2.30. The van der Waals surface area contributed by atoms with Crippen LogP contribution in [0.4, 0.5) is 0 Å². The van der Waals surface area contributed by atoms with E-state index in [9.17, 15) is 18.0 Å². The summed E-state index contributed by atoms with van der Waals surface area (Å²) >= 11 is 0. The van der Waals surface area contributed by atoms with Gasteiger partial charge in [0.2, 0.25) is 21.8 Å². The van der Waals surface area contributed by atoms with Gasteiger partial charge in [-0.05, 0) is 37.3 Å². The summed E-state index contributed by atoms with van der Waals surface area (Å²) in [5.41, 5.74) is 0. The number of ether oxygens (including phenoxy) is 1. The normalized spacial score (nSPS) is 22.7. The molecule has 9 nitrogen and oxygen atoms in total. The molecule has 2 fully saturated rings. The first-order valence-electron chi connectivity index (χ1n) is 10.3. The van der Waals surface area contributed by atoms with Crippen molar-refractivity contribution in [3.05, 3.63) is 36.7 Å². The molecule has 3 atom stereocenters. The van der Waals surface area contributed by atoms with Gasteiger partial charge in [0, 0.05) is 49.4 Å². The Morgan fingerprint density at radius 2 is 2.06 bits per heavy atom. The number of carbonyl (C=O) groups is 2. The smallest absolute Gasteiger partial charge is 0.249 e. The minimum Gasteiger partial charge on any atom is -0.375 e. The topological polar surface area (TPSA) is 118 Å². The number of nitrogens with one attached hydrogen (secondary N) is 2. The molecule has 2 aromatic rings. The zero-order valence-corrected chi connectivity index (χ0v) is 18.1. The van der Waals surface area contributed by atoms with E-state index in [1.165, 1.54) is 13.2 Å². The van der Waals surface area contributed by atoms with Crippen LogP contribution in [-0.2, 0) is 24.3 Å². The molecular weight excluding hydrogens is 420 g/mol. The largest absolute Gasteiger partial charge is 0.375 e. The zero-order valence-electron chi connectivity index (χ0n) is 17.3. The lowest BCUT2D eigenvalue weighted by molar-refractivity contribution is -0.145. The number of rotatable bonds is 8. The number of carbonyl (C=O) groups excluding carboxylic acids is 2. The maximum atomic E-state index is 12.8. The minimum absolute atomic E-state index is 0.0440.